The van der Waals surface area contributed by atoms with Crippen LogP contribution in [-0.2, 0) is 0 Å². The Bertz CT molecular complexity index is 1070. The monoisotopic (exact) mass is 309 g/mol. The molecule has 0 unspecified atom stereocenters. The fraction of sp³-hybridized carbons (Fsp3) is 0.0714. The largest absolute Gasteiger partial charge is 0.383 e. The summed E-state index contributed by atoms with van der Waals surface area (Å²) in [5.74, 6) is 0.332. The lowest BCUT2D eigenvalue weighted by molar-refractivity contribution is 0.902. The molecule has 3 heterocycles. The van der Waals surface area contributed by atoms with Crippen LogP contribution in [0.25, 0.3) is 27.9 Å². The summed E-state index contributed by atoms with van der Waals surface area (Å²) in [6, 6.07) is 9.93. The van der Waals surface area contributed by atoms with Gasteiger partial charge in [0.05, 0.1) is 11.3 Å². The minimum atomic E-state index is 0.286. The average Bonchev–Trinajstić information content (AvgIpc) is 2.84. The van der Waals surface area contributed by atoms with Crippen molar-refractivity contribution < 1.29 is 0 Å². The number of anilines is 1. The van der Waals surface area contributed by atoms with Crippen LogP contribution in [0.1, 0.15) is 5.69 Å². The van der Waals surface area contributed by atoms with E-state index in [9.17, 15) is 0 Å². The van der Waals surface area contributed by atoms with E-state index >= 15 is 0 Å². The zero-order chi connectivity index (χ0) is 15.3. The molecule has 0 aliphatic heterocycles. The zero-order valence-electron chi connectivity index (χ0n) is 11.6. The SMILES string of the molecule is Cc1nn2c(nnc3c(N)[nH]c(=S)nc32)c1-c1ccccc1. The van der Waals surface area contributed by atoms with Crippen molar-refractivity contribution in [2.75, 3.05) is 5.73 Å². The van der Waals surface area contributed by atoms with E-state index < -0.39 is 0 Å². The Labute approximate surface area is 129 Å². The van der Waals surface area contributed by atoms with Crippen LogP contribution in [-0.4, -0.2) is 29.8 Å². The van der Waals surface area contributed by atoms with E-state index in [1.54, 1.807) is 4.52 Å². The average molecular weight is 309 g/mol. The molecular formula is C14H11N7S. The van der Waals surface area contributed by atoms with E-state index in [0.717, 1.165) is 16.8 Å². The number of nitrogens with two attached hydrogens (primary N) is 1. The van der Waals surface area contributed by atoms with Gasteiger partial charge < -0.3 is 10.7 Å². The van der Waals surface area contributed by atoms with Crippen LogP contribution in [0.5, 0.6) is 0 Å². The molecular weight excluding hydrogens is 298 g/mol. The van der Waals surface area contributed by atoms with Crippen molar-refractivity contribution >= 4 is 34.8 Å². The van der Waals surface area contributed by atoms with Crippen LogP contribution in [0.3, 0.4) is 0 Å². The van der Waals surface area contributed by atoms with Crippen LogP contribution in [0.4, 0.5) is 5.82 Å². The predicted octanol–water partition coefficient (Wildman–Crippen LogP) is 2.29. The number of fused-ring (bicyclic) bond motifs is 3. The Kier molecular flexibility index (Phi) is 2.67. The number of nitrogens with one attached hydrogen (secondary N) is 1. The number of aryl methyl sites for hydroxylation is 1. The Hall–Kier alpha value is -2.87. The molecule has 108 valence electrons. The van der Waals surface area contributed by atoms with Crippen molar-refractivity contribution in [3.05, 3.63) is 40.8 Å². The molecule has 4 aromatic rings. The van der Waals surface area contributed by atoms with Crippen molar-refractivity contribution in [3.63, 3.8) is 0 Å². The summed E-state index contributed by atoms with van der Waals surface area (Å²) in [6.07, 6.45) is 0. The van der Waals surface area contributed by atoms with E-state index in [1.807, 2.05) is 37.3 Å². The summed E-state index contributed by atoms with van der Waals surface area (Å²) in [6.45, 7) is 1.93. The van der Waals surface area contributed by atoms with Gasteiger partial charge in [-0.3, -0.25) is 0 Å². The molecule has 8 heteroatoms. The standard InChI is InChI=1S/C14H11N7S/c1-7-9(8-5-3-2-4-6-8)12-19-18-10-11(15)16-14(22)17-13(10)21(12)20-7/h2-6H,1H3,(H3,15,16,17,22). The highest BCUT2D eigenvalue weighted by Gasteiger charge is 2.17. The van der Waals surface area contributed by atoms with Gasteiger partial charge in [0.1, 0.15) is 5.82 Å². The molecule has 0 spiro atoms. The normalized spacial score (nSPS) is 11.3. The van der Waals surface area contributed by atoms with E-state index in [1.165, 1.54) is 0 Å². The minimum Gasteiger partial charge on any atom is -0.383 e. The number of aromatic nitrogens is 6. The third-order valence-electron chi connectivity index (χ3n) is 3.46. The quantitative estimate of drug-likeness (QED) is 0.523. The van der Waals surface area contributed by atoms with Crippen LogP contribution in [0.2, 0.25) is 0 Å². The molecule has 0 amide bonds. The number of nitrogen functional groups attached to an aromatic ring is 1. The summed E-state index contributed by atoms with van der Waals surface area (Å²) in [5, 5.41) is 13.0. The van der Waals surface area contributed by atoms with Gasteiger partial charge in [0.2, 0.25) is 4.77 Å². The van der Waals surface area contributed by atoms with Crippen molar-refractivity contribution in [1.82, 2.24) is 29.8 Å². The molecule has 0 bridgehead atoms. The number of hydrogen-bond donors (Lipinski definition) is 2. The highest BCUT2D eigenvalue weighted by atomic mass is 32.1. The highest BCUT2D eigenvalue weighted by Crippen LogP contribution is 2.28. The number of rotatable bonds is 1. The maximum atomic E-state index is 5.90. The van der Waals surface area contributed by atoms with Gasteiger partial charge in [-0.05, 0) is 24.7 Å². The van der Waals surface area contributed by atoms with Gasteiger partial charge in [0.15, 0.2) is 16.8 Å². The number of nitrogens with zero attached hydrogens (tertiary/aromatic N) is 5. The molecule has 3 aromatic heterocycles. The van der Waals surface area contributed by atoms with Gasteiger partial charge in [0, 0.05) is 0 Å². The molecule has 0 saturated heterocycles. The first kappa shape index (κ1) is 12.8. The number of H-pyrrole nitrogens is 1. The Morgan fingerprint density at radius 3 is 2.68 bits per heavy atom. The first-order chi connectivity index (χ1) is 10.6. The van der Waals surface area contributed by atoms with Gasteiger partial charge in [-0.15, -0.1) is 10.2 Å². The summed E-state index contributed by atoms with van der Waals surface area (Å²) in [7, 11) is 0. The van der Waals surface area contributed by atoms with E-state index in [2.05, 4.69) is 25.3 Å². The predicted molar refractivity (Wildman–Crippen MR) is 85.9 cm³/mol. The van der Waals surface area contributed by atoms with Crippen LogP contribution >= 0.6 is 12.2 Å². The van der Waals surface area contributed by atoms with Crippen molar-refractivity contribution in [1.29, 1.82) is 0 Å². The lowest BCUT2D eigenvalue weighted by Crippen LogP contribution is -2.04. The smallest absolute Gasteiger partial charge is 0.200 e. The molecule has 0 aliphatic rings. The first-order valence-electron chi connectivity index (χ1n) is 6.62. The highest BCUT2D eigenvalue weighted by molar-refractivity contribution is 7.71. The van der Waals surface area contributed by atoms with E-state index in [0.29, 0.717) is 22.6 Å². The molecule has 3 N–H and O–H groups in total. The minimum absolute atomic E-state index is 0.286. The second-order valence-electron chi connectivity index (χ2n) is 4.89. The first-order valence-corrected chi connectivity index (χ1v) is 7.03. The molecule has 4 rings (SSSR count). The number of benzene rings is 1. The Morgan fingerprint density at radius 2 is 1.91 bits per heavy atom. The molecule has 22 heavy (non-hydrogen) atoms. The molecule has 0 radical (unpaired) electrons. The lowest BCUT2D eigenvalue weighted by Gasteiger charge is -2.02. The summed E-state index contributed by atoms with van der Waals surface area (Å²) in [4.78, 5) is 7.06. The zero-order valence-corrected chi connectivity index (χ0v) is 12.4. The van der Waals surface area contributed by atoms with Gasteiger partial charge in [-0.1, -0.05) is 30.3 Å². The third kappa shape index (κ3) is 1.77. The van der Waals surface area contributed by atoms with Gasteiger partial charge in [-0.2, -0.15) is 14.6 Å². The van der Waals surface area contributed by atoms with Crippen molar-refractivity contribution in [3.8, 4) is 11.1 Å². The summed E-state index contributed by atoms with van der Waals surface area (Å²) >= 11 is 5.09. The fourth-order valence-corrected chi connectivity index (χ4v) is 2.71. The molecule has 0 saturated carbocycles. The van der Waals surface area contributed by atoms with Crippen molar-refractivity contribution in [2.45, 2.75) is 6.92 Å². The van der Waals surface area contributed by atoms with Crippen LogP contribution in [0.15, 0.2) is 30.3 Å². The van der Waals surface area contributed by atoms with Gasteiger partial charge in [-0.25, -0.2) is 0 Å². The van der Waals surface area contributed by atoms with Crippen molar-refractivity contribution in [2.24, 2.45) is 0 Å². The molecule has 1 aromatic carbocycles. The Balaban J connectivity index is 2.16. The molecule has 0 atom stereocenters. The van der Waals surface area contributed by atoms with Crippen LogP contribution in [0, 0.1) is 11.7 Å². The lowest BCUT2D eigenvalue weighted by atomic mass is 10.1. The topological polar surface area (TPSA) is 97.8 Å². The second-order valence-corrected chi connectivity index (χ2v) is 5.28. The summed E-state index contributed by atoms with van der Waals surface area (Å²) < 4.78 is 1.92. The molecule has 0 fully saturated rings. The fourth-order valence-electron chi connectivity index (χ4n) is 2.51. The van der Waals surface area contributed by atoms with Crippen LogP contribution < -0.4 is 5.73 Å². The Morgan fingerprint density at radius 1 is 1.14 bits per heavy atom. The maximum absolute atomic E-state index is 5.90. The van der Waals surface area contributed by atoms with E-state index in [4.69, 9.17) is 18.0 Å². The number of hydrogen-bond acceptors (Lipinski definition) is 6. The summed E-state index contributed by atoms with van der Waals surface area (Å²) in [5.41, 5.74) is 10.3. The van der Waals surface area contributed by atoms with Gasteiger partial charge >= 0.3 is 0 Å². The molecule has 7 nitrogen and oxygen atoms in total. The molecule has 0 aliphatic carbocycles. The maximum Gasteiger partial charge on any atom is 0.200 e. The van der Waals surface area contributed by atoms with Gasteiger partial charge in [0.25, 0.3) is 0 Å². The second kappa shape index (κ2) is 4.57. The number of aromatic amines is 1. The van der Waals surface area contributed by atoms with E-state index in [-0.39, 0.29) is 4.77 Å². The third-order valence-corrected chi connectivity index (χ3v) is 3.65.